The maximum Gasteiger partial charge on any atom is 0.238 e. The second-order valence-corrected chi connectivity index (χ2v) is 4.54. The molecule has 2 aromatic rings. The van der Waals surface area contributed by atoms with Gasteiger partial charge in [0.2, 0.25) is 11.7 Å². The summed E-state index contributed by atoms with van der Waals surface area (Å²) in [5.41, 5.74) is 5.52. The van der Waals surface area contributed by atoms with Crippen molar-refractivity contribution in [1.29, 1.82) is 0 Å². The highest BCUT2D eigenvalue weighted by molar-refractivity contribution is 5.42. The number of hydrogen-bond acceptors (Lipinski definition) is 5. The molecular weight excluding hydrogens is 206 g/mol. The Bertz CT molecular complexity index is 479. The Kier molecular flexibility index (Phi) is 2.51. The van der Waals surface area contributed by atoms with E-state index in [1.807, 2.05) is 31.7 Å². The molecule has 2 rings (SSSR count). The molecule has 86 valence electrons. The van der Waals surface area contributed by atoms with Gasteiger partial charge in [0.25, 0.3) is 0 Å². The predicted molar refractivity (Wildman–Crippen MR) is 58.5 cm³/mol. The fraction of sp³-hybridized carbons (Fsp3) is 0.500. The van der Waals surface area contributed by atoms with E-state index in [9.17, 15) is 0 Å². The summed E-state index contributed by atoms with van der Waals surface area (Å²) in [6, 6.07) is 0. The van der Waals surface area contributed by atoms with Crippen LogP contribution < -0.4 is 5.73 Å². The number of nitrogens with two attached hydrogens (primary N) is 1. The second kappa shape index (κ2) is 3.71. The first-order valence-corrected chi connectivity index (χ1v) is 5.05. The molecule has 0 fully saturated rings. The Labute approximate surface area is 93.5 Å². The fourth-order valence-corrected chi connectivity index (χ4v) is 1.39. The summed E-state index contributed by atoms with van der Waals surface area (Å²) >= 11 is 0. The van der Waals surface area contributed by atoms with E-state index in [0.29, 0.717) is 24.0 Å². The first-order chi connectivity index (χ1) is 7.46. The minimum Gasteiger partial charge on any atom is -0.339 e. The third-order valence-corrected chi connectivity index (χ3v) is 2.10. The van der Waals surface area contributed by atoms with Crippen molar-refractivity contribution < 1.29 is 4.52 Å². The lowest BCUT2D eigenvalue weighted by molar-refractivity contribution is 0.348. The van der Waals surface area contributed by atoms with Crippen LogP contribution in [0.4, 0.5) is 0 Å². The average Bonchev–Trinajstić information content (AvgIpc) is 2.71. The fourth-order valence-electron chi connectivity index (χ4n) is 1.39. The molecule has 0 unspecified atom stereocenters. The Morgan fingerprint density at radius 2 is 2.25 bits per heavy atom. The molecule has 0 bridgehead atoms. The van der Waals surface area contributed by atoms with Gasteiger partial charge in [-0.3, -0.25) is 0 Å². The lowest BCUT2D eigenvalue weighted by atomic mass is 10.0. The number of aryl methyl sites for hydroxylation is 1. The summed E-state index contributed by atoms with van der Waals surface area (Å²) < 4.78 is 6.96. The number of rotatable bonds is 3. The van der Waals surface area contributed by atoms with Crippen LogP contribution in [0.15, 0.2) is 16.9 Å². The van der Waals surface area contributed by atoms with Gasteiger partial charge in [-0.05, 0) is 13.8 Å². The standard InChI is InChI=1S/C10H15N5O/c1-10(2,11)6-7-13-8(14-16-7)9-12-4-5-15(9)3/h4-5H,6,11H2,1-3H3. The van der Waals surface area contributed by atoms with E-state index in [-0.39, 0.29) is 5.54 Å². The van der Waals surface area contributed by atoms with Crippen LogP contribution in [0.1, 0.15) is 19.7 Å². The van der Waals surface area contributed by atoms with Crippen molar-refractivity contribution in [2.75, 3.05) is 0 Å². The summed E-state index contributed by atoms with van der Waals surface area (Å²) in [6.45, 7) is 3.83. The maximum atomic E-state index is 5.88. The van der Waals surface area contributed by atoms with E-state index in [1.54, 1.807) is 6.20 Å². The van der Waals surface area contributed by atoms with Crippen molar-refractivity contribution in [3.8, 4) is 11.6 Å². The smallest absolute Gasteiger partial charge is 0.238 e. The van der Waals surface area contributed by atoms with E-state index in [2.05, 4.69) is 15.1 Å². The molecule has 0 atom stereocenters. The van der Waals surface area contributed by atoms with E-state index in [4.69, 9.17) is 10.3 Å². The van der Waals surface area contributed by atoms with Gasteiger partial charge in [0.1, 0.15) is 0 Å². The molecule has 2 aromatic heterocycles. The third-order valence-electron chi connectivity index (χ3n) is 2.10. The first kappa shape index (κ1) is 10.8. The molecule has 0 aliphatic heterocycles. The highest BCUT2D eigenvalue weighted by Gasteiger charge is 2.18. The van der Waals surface area contributed by atoms with Crippen LogP contribution in [0, 0.1) is 0 Å². The molecule has 2 N–H and O–H groups in total. The van der Waals surface area contributed by atoms with Gasteiger partial charge < -0.3 is 14.8 Å². The van der Waals surface area contributed by atoms with Gasteiger partial charge in [0, 0.05) is 31.4 Å². The van der Waals surface area contributed by atoms with Crippen LogP contribution in [0.5, 0.6) is 0 Å². The van der Waals surface area contributed by atoms with Gasteiger partial charge in [0.05, 0.1) is 0 Å². The van der Waals surface area contributed by atoms with Gasteiger partial charge in [-0.2, -0.15) is 4.98 Å². The molecule has 0 spiro atoms. The molecule has 0 amide bonds. The highest BCUT2D eigenvalue weighted by Crippen LogP contribution is 2.14. The van der Waals surface area contributed by atoms with Gasteiger partial charge in [-0.15, -0.1) is 0 Å². The lowest BCUT2D eigenvalue weighted by Crippen LogP contribution is -2.34. The van der Waals surface area contributed by atoms with Gasteiger partial charge in [-0.1, -0.05) is 5.16 Å². The number of imidazole rings is 1. The average molecular weight is 221 g/mol. The lowest BCUT2D eigenvalue weighted by Gasteiger charge is -2.14. The van der Waals surface area contributed by atoms with Gasteiger partial charge in [-0.25, -0.2) is 4.98 Å². The van der Waals surface area contributed by atoms with Crippen LogP contribution in [-0.2, 0) is 13.5 Å². The molecule has 6 heteroatoms. The zero-order valence-corrected chi connectivity index (χ0v) is 9.64. The Hall–Kier alpha value is -1.69. The summed E-state index contributed by atoms with van der Waals surface area (Å²) in [5.74, 6) is 1.71. The van der Waals surface area contributed by atoms with E-state index < -0.39 is 0 Å². The molecule has 0 radical (unpaired) electrons. The summed E-state index contributed by atoms with van der Waals surface area (Å²) in [6.07, 6.45) is 4.07. The third kappa shape index (κ3) is 2.27. The molecule has 6 nitrogen and oxygen atoms in total. The molecule has 0 saturated heterocycles. The minimum atomic E-state index is -0.356. The van der Waals surface area contributed by atoms with Crippen molar-refractivity contribution in [1.82, 2.24) is 19.7 Å². The van der Waals surface area contributed by atoms with Crippen LogP contribution in [-0.4, -0.2) is 25.2 Å². The number of aromatic nitrogens is 4. The predicted octanol–water partition coefficient (Wildman–Crippen LogP) is 0.750. The van der Waals surface area contributed by atoms with E-state index in [1.165, 1.54) is 0 Å². The summed E-state index contributed by atoms with van der Waals surface area (Å²) in [7, 11) is 1.88. The molecule has 0 aromatic carbocycles. The first-order valence-electron chi connectivity index (χ1n) is 5.05. The van der Waals surface area contributed by atoms with Crippen LogP contribution in [0.25, 0.3) is 11.6 Å². The molecule has 2 heterocycles. The normalized spacial score (nSPS) is 12.0. The van der Waals surface area contributed by atoms with Gasteiger partial charge >= 0.3 is 0 Å². The number of hydrogen-bond donors (Lipinski definition) is 1. The van der Waals surface area contributed by atoms with Crippen LogP contribution in [0.3, 0.4) is 0 Å². The van der Waals surface area contributed by atoms with Crippen LogP contribution >= 0.6 is 0 Å². The van der Waals surface area contributed by atoms with Gasteiger partial charge in [0.15, 0.2) is 5.82 Å². The Morgan fingerprint density at radius 3 is 2.81 bits per heavy atom. The molecule has 0 aliphatic rings. The maximum absolute atomic E-state index is 5.88. The topological polar surface area (TPSA) is 82.8 Å². The van der Waals surface area contributed by atoms with E-state index in [0.717, 1.165) is 0 Å². The zero-order chi connectivity index (χ0) is 11.8. The largest absolute Gasteiger partial charge is 0.339 e. The molecular formula is C10H15N5O. The molecule has 0 aliphatic carbocycles. The van der Waals surface area contributed by atoms with Crippen molar-refractivity contribution in [2.24, 2.45) is 12.8 Å². The van der Waals surface area contributed by atoms with Crippen molar-refractivity contribution >= 4 is 0 Å². The Morgan fingerprint density at radius 1 is 1.50 bits per heavy atom. The molecule has 16 heavy (non-hydrogen) atoms. The highest BCUT2D eigenvalue weighted by atomic mass is 16.5. The molecule has 0 saturated carbocycles. The second-order valence-electron chi connectivity index (χ2n) is 4.54. The monoisotopic (exact) mass is 221 g/mol. The van der Waals surface area contributed by atoms with Crippen LogP contribution in [0.2, 0.25) is 0 Å². The quantitative estimate of drug-likeness (QED) is 0.826. The summed E-state index contributed by atoms with van der Waals surface area (Å²) in [5, 5.41) is 3.88. The summed E-state index contributed by atoms with van der Waals surface area (Å²) in [4.78, 5) is 8.40. The number of nitrogens with zero attached hydrogens (tertiary/aromatic N) is 4. The minimum absolute atomic E-state index is 0.356. The Balaban J connectivity index is 2.24. The van der Waals surface area contributed by atoms with Crippen molar-refractivity contribution in [3.63, 3.8) is 0 Å². The SMILES string of the molecule is Cn1ccnc1-c1noc(CC(C)(C)N)n1. The zero-order valence-electron chi connectivity index (χ0n) is 9.64. The van der Waals surface area contributed by atoms with Crippen molar-refractivity contribution in [2.45, 2.75) is 25.8 Å². The van der Waals surface area contributed by atoms with Crippen molar-refractivity contribution in [3.05, 3.63) is 18.3 Å². The van der Waals surface area contributed by atoms with E-state index >= 15 is 0 Å².